The van der Waals surface area contributed by atoms with Crippen LogP contribution in [0.2, 0.25) is 0 Å². The number of carbonyl (C=O) groups excluding carboxylic acids is 1. The molecule has 0 aliphatic heterocycles. The third kappa shape index (κ3) is 21.5. The second-order valence-electron chi connectivity index (χ2n) is 7.36. The van der Waals surface area contributed by atoms with Crippen molar-refractivity contribution in [3.63, 3.8) is 0 Å². The third-order valence-electron chi connectivity index (χ3n) is 4.34. The molecule has 0 radical (unpaired) electrons. The molecule has 0 aromatic heterocycles. The van der Waals surface area contributed by atoms with Crippen LogP contribution in [0.25, 0.3) is 0 Å². The van der Waals surface area contributed by atoms with Crippen molar-refractivity contribution in [3.05, 3.63) is 24.3 Å². The highest BCUT2D eigenvalue weighted by Crippen LogP contribution is 2.13. The highest BCUT2D eigenvalue weighted by atomic mass is 32.2. The van der Waals surface area contributed by atoms with Crippen molar-refractivity contribution in [1.29, 1.82) is 0 Å². The lowest BCUT2D eigenvalue weighted by atomic mass is 10.1. The first-order valence-electron chi connectivity index (χ1n) is 10.8. The van der Waals surface area contributed by atoms with Crippen molar-refractivity contribution in [2.75, 3.05) is 26.4 Å². The molecule has 0 bridgehead atoms. The zero-order valence-corrected chi connectivity index (χ0v) is 18.5. The van der Waals surface area contributed by atoms with Gasteiger partial charge in [0.1, 0.15) is 0 Å². The van der Waals surface area contributed by atoms with Gasteiger partial charge in [-0.2, -0.15) is 0 Å². The highest BCUT2D eigenvalue weighted by Gasteiger charge is 2.02. The van der Waals surface area contributed by atoms with Gasteiger partial charge >= 0.3 is 0 Å². The van der Waals surface area contributed by atoms with E-state index < -0.39 is 0 Å². The summed E-state index contributed by atoms with van der Waals surface area (Å²) in [4.78, 5) is 13.9. The molecule has 0 aliphatic carbocycles. The van der Waals surface area contributed by atoms with E-state index in [0.717, 1.165) is 38.0 Å². The number of hydrogen-bond donors (Lipinski definition) is 0. The van der Waals surface area contributed by atoms with E-state index in [1.807, 2.05) is 0 Å². The first-order chi connectivity index (χ1) is 12.7. The number of unbranched alkanes of at least 4 members (excludes halogenated alkanes) is 8. The van der Waals surface area contributed by atoms with E-state index in [1.54, 1.807) is 0 Å². The minimum absolute atomic E-state index is 0.384. The summed E-state index contributed by atoms with van der Waals surface area (Å²) in [5.74, 6) is 0.970. The Hall–Kier alpha value is -0.540. The molecule has 0 atom stereocenters. The fourth-order valence-electron chi connectivity index (χ4n) is 2.72. The van der Waals surface area contributed by atoms with Gasteiger partial charge in [0.25, 0.3) is 0 Å². The largest absolute Gasteiger partial charge is 0.309 e. The van der Waals surface area contributed by atoms with E-state index >= 15 is 0 Å². The Labute approximate surface area is 167 Å². The van der Waals surface area contributed by atoms with Gasteiger partial charge in [-0.1, -0.05) is 75.1 Å². The maximum Gasteiger partial charge on any atom is 0.188 e. The summed E-state index contributed by atoms with van der Waals surface area (Å²) in [7, 11) is 4.16. The molecule has 0 unspecified atom stereocenters. The molecular formula is C23H43NOS. The lowest BCUT2D eigenvalue weighted by Crippen LogP contribution is -2.13. The summed E-state index contributed by atoms with van der Waals surface area (Å²) in [5.41, 5.74) is 0. The van der Waals surface area contributed by atoms with Crippen molar-refractivity contribution in [3.8, 4) is 0 Å². The van der Waals surface area contributed by atoms with E-state index in [9.17, 15) is 4.79 Å². The summed E-state index contributed by atoms with van der Waals surface area (Å²) in [6.45, 7) is 3.32. The molecule has 0 amide bonds. The quantitative estimate of drug-likeness (QED) is 0.188. The van der Waals surface area contributed by atoms with Gasteiger partial charge in [0.15, 0.2) is 5.12 Å². The summed E-state index contributed by atoms with van der Waals surface area (Å²) >= 11 is 1.52. The zero-order valence-electron chi connectivity index (χ0n) is 17.7. The fraction of sp³-hybridized carbons (Fsp3) is 0.783. The van der Waals surface area contributed by atoms with Crippen LogP contribution in [0.4, 0.5) is 0 Å². The van der Waals surface area contributed by atoms with Crippen LogP contribution in [-0.2, 0) is 4.79 Å². The molecule has 0 aromatic carbocycles. The van der Waals surface area contributed by atoms with Gasteiger partial charge in [-0.05, 0) is 65.6 Å². The molecule has 152 valence electrons. The molecular weight excluding hydrogens is 338 g/mol. The van der Waals surface area contributed by atoms with Crippen molar-refractivity contribution < 1.29 is 4.79 Å². The third-order valence-corrected chi connectivity index (χ3v) is 5.36. The summed E-state index contributed by atoms with van der Waals surface area (Å²) in [5, 5.41) is 0.384. The van der Waals surface area contributed by atoms with E-state index in [0.29, 0.717) is 5.12 Å². The minimum Gasteiger partial charge on any atom is -0.309 e. The number of carbonyl (C=O) groups is 1. The van der Waals surface area contributed by atoms with Gasteiger partial charge < -0.3 is 4.90 Å². The van der Waals surface area contributed by atoms with E-state index in [1.165, 1.54) is 69.5 Å². The predicted molar refractivity (Wildman–Crippen MR) is 120 cm³/mol. The second kappa shape index (κ2) is 20.8. The van der Waals surface area contributed by atoms with Crippen LogP contribution in [0.1, 0.15) is 90.4 Å². The van der Waals surface area contributed by atoms with Crippen molar-refractivity contribution >= 4 is 16.9 Å². The average Bonchev–Trinajstić information content (AvgIpc) is 2.62. The number of nitrogens with zero attached hydrogens (tertiary/aromatic N) is 1. The van der Waals surface area contributed by atoms with Gasteiger partial charge in [-0.15, -0.1) is 0 Å². The Bertz CT molecular complexity index is 363. The smallest absolute Gasteiger partial charge is 0.188 e. The van der Waals surface area contributed by atoms with Crippen LogP contribution in [-0.4, -0.2) is 36.4 Å². The monoisotopic (exact) mass is 381 g/mol. The van der Waals surface area contributed by atoms with Gasteiger partial charge in [0.2, 0.25) is 0 Å². The number of thioether (sulfide) groups is 1. The lowest BCUT2D eigenvalue weighted by Gasteiger charge is -2.08. The first kappa shape index (κ1) is 25.5. The molecule has 0 rings (SSSR count). The molecule has 0 saturated heterocycles. The standard InChI is InChI=1S/C23H43NOS/c1-4-5-6-7-8-9-10-11-12-13-14-15-16-17-18-20-23(25)26-22-19-21-24(2)3/h8-9,11-12H,4-7,10,13-22H2,1-3H3/b9-8-,12-11-. The first-order valence-corrected chi connectivity index (χ1v) is 11.8. The average molecular weight is 382 g/mol. The van der Waals surface area contributed by atoms with Crippen LogP contribution in [0.15, 0.2) is 24.3 Å². The van der Waals surface area contributed by atoms with E-state index in [2.05, 4.69) is 50.2 Å². The molecule has 0 heterocycles. The summed E-state index contributed by atoms with van der Waals surface area (Å²) in [6, 6.07) is 0. The van der Waals surface area contributed by atoms with Crippen LogP contribution < -0.4 is 0 Å². The van der Waals surface area contributed by atoms with Gasteiger partial charge in [-0.25, -0.2) is 0 Å². The Balaban J connectivity index is 3.27. The van der Waals surface area contributed by atoms with E-state index in [-0.39, 0.29) is 0 Å². The molecule has 0 N–H and O–H groups in total. The number of allylic oxidation sites excluding steroid dienone is 4. The molecule has 0 aromatic rings. The summed E-state index contributed by atoms with van der Waals surface area (Å²) in [6.07, 6.45) is 24.7. The fourth-order valence-corrected chi connectivity index (χ4v) is 3.51. The van der Waals surface area contributed by atoms with Crippen molar-refractivity contribution in [2.45, 2.75) is 90.4 Å². The molecule has 0 aliphatic rings. The zero-order chi connectivity index (χ0) is 19.3. The van der Waals surface area contributed by atoms with Crippen LogP contribution in [0, 0.1) is 0 Å². The Morgan fingerprint density at radius 1 is 0.808 bits per heavy atom. The van der Waals surface area contributed by atoms with E-state index in [4.69, 9.17) is 0 Å². The minimum atomic E-state index is 0.384. The highest BCUT2D eigenvalue weighted by molar-refractivity contribution is 8.13. The van der Waals surface area contributed by atoms with Gasteiger partial charge in [-0.3, -0.25) is 4.79 Å². The second-order valence-corrected chi connectivity index (χ2v) is 8.51. The van der Waals surface area contributed by atoms with Crippen LogP contribution in [0.3, 0.4) is 0 Å². The SMILES string of the molecule is CCCCC/C=C\C/C=C\CCCCCCCC(=O)SCCCN(C)C. The van der Waals surface area contributed by atoms with Crippen LogP contribution in [0.5, 0.6) is 0 Å². The molecule has 0 fully saturated rings. The Morgan fingerprint density at radius 3 is 2.08 bits per heavy atom. The normalized spacial score (nSPS) is 12.0. The topological polar surface area (TPSA) is 20.3 Å². The molecule has 3 heteroatoms. The summed E-state index contributed by atoms with van der Waals surface area (Å²) < 4.78 is 0. The predicted octanol–water partition coefficient (Wildman–Crippen LogP) is 7.01. The van der Waals surface area contributed by atoms with Gasteiger partial charge in [0.05, 0.1) is 0 Å². The van der Waals surface area contributed by atoms with Crippen molar-refractivity contribution in [2.24, 2.45) is 0 Å². The molecule has 26 heavy (non-hydrogen) atoms. The molecule has 2 nitrogen and oxygen atoms in total. The Kier molecular flexibility index (Phi) is 20.3. The number of rotatable bonds is 18. The molecule has 0 saturated carbocycles. The van der Waals surface area contributed by atoms with Crippen LogP contribution >= 0.6 is 11.8 Å². The van der Waals surface area contributed by atoms with Gasteiger partial charge in [0, 0.05) is 12.2 Å². The number of hydrogen-bond acceptors (Lipinski definition) is 3. The lowest BCUT2D eigenvalue weighted by molar-refractivity contribution is -0.111. The van der Waals surface area contributed by atoms with Crippen molar-refractivity contribution in [1.82, 2.24) is 4.90 Å². The maximum atomic E-state index is 11.8. The molecule has 0 spiro atoms. The Morgan fingerprint density at radius 2 is 1.42 bits per heavy atom. The maximum absolute atomic E-state index is 11.8.